The highest BCUT2D eigenvalue weighted by Crippen LogP contribution is 2.32. The fraction of sp³-hybridized carbons (Fsp3) is 0.0667. The Balaban J connectivity index is 1.68. The lowest BCUT2D eigenvalue weighted by Gasteiger charge is -2.02. The normalized spacial score (nSPS) is 12.6. The molecule has 0 unspecified atom stereocenters. The van der Waals surface area contributed by atoms with Crippen molar-refractivity contribution >= 4 is 34.7 Å². The van der Waals surface area contributed by atoms with E-state index in [2.05, 4.69) is 33.1 Å². The van der Waals surface area contributed by atoms with Crippen molar-refractivity contribution in [1.29, 1.82) is 0 Å². The largest absolute Gasteiger partial charge is 0.454 e. The number of amides is 1. The van der Waals surface area contributed by atoms with Crippen molar-refractivity contribution in [2.45, 2.75) is 0 Å². The summed E-state index contributed by atoms with van der Waals surface area (Å²) in [7, 11) is 0. The Morgan fingerprint density at radius 1 is 1.19 bits per heavy atom. The number of hydrogen-bond acceptors (Lipinski definition) is 4. The molecule has 2 aromatic carbocycles. The predicted molar refractivity (Wildman–Crippen MR) is 86.8 cm³/mol. The lowest BCUT2D eigenvalue weighted by molar-refractivity contribution is 0.0954. The van der Waals surface area contributed by atoms with Crippen LogP contribution >= 0.6 is 22.6 Å². The number of halogens is 1. The molecule has 1 N–H and O–H groups in total. The molecule has 6 heteroatoms. The Morgan fingerprint density at radius 3 is 2.86 bits per heavy atom. The van der Waals surface area contributed by atoms with E-state index >= 15 is 0 Å². The van der Waals surface area contributed by atoms with E-state index in [-0.39, 0.29) is 12.7 Å². The lowest BCUT2D eigenvalue weighted by atomic mass is 10.2. The third-order valence-electron chi connectivity index (χ3n) is 2.91. The lowest BCUT2D eigenvalue weighted by Crippen LogP contribution is -2.17. The predicted octanol–water partition coefficient (Wildman–Crippen LogP) is 2.78. The minimum absolute atomic E-state index is 0.186. The molecule has 1 amide bonds. The first kappa shape index (κ1) is 13.9. The fourth-order valence-electron chi connectivity index (χ4n) is 1.84. The molecule has 5 nitrogen and oxygen atoms in total. The van der Waals surface area contributed by atoms with Gasteiger partial charge in [-0.1, -0.05) is 18.2 Å². The van der Waals surface area contributed by atoms with Crippen molar-refractivity contribution in [3.05, 3.63) is 57.2 Å². The van der Waals surface area contributed by atoms with Gasteiger partial charge in [0.05, 0.1) is 6.21 Å². The molecule has 1 aliphatic rings. The van der Waals surface area contributed by atoms with Crippen LogP contribution in [0.1, 0.15) is 15.9 Å². The maximum atomic E-state index is 12.0. The molecule has 0 aliphatic carbocycles. The van der Waals surface area contributed by atoms with Crippen LogP contribution in [0.3, 0.4) is 0 Å². The molecule has 21 heavy (non-hydrogen) atoms. The van der Waals surface area contributed by atoms with Crippen molar-refractivity contribution in [2.24, 2.45) is 5.10 Å². The van der Waals surface area contributed by atoms with Crippen molar-refractivity contribution < 1.29 is 14.3 Å². The van der Waals surface area contributed by atoms with Crippen LogP contribution in [-0.2, 0) is 0 Å². The number of nitrogens with one attached hydrogen (secondary N) is 1. The Kier molecular flexibility index (Phi) is 4.05. The van der Waals surface area contributed by atoms with Crippen molar-refractivity contribution in [3.8, 4) is 11.5 Å². The van der Waals surface area contributed by atoms with Gasteiger partial charge >= 0.3 is 0 Å². The van der Waals surface area contributed by atoms with Crippen LogP contribution in [0, 0.1) is 3.57 Å². The zero-order valence-electron chi connectivity index (χ0n) is 10.9. The van der Waals surface area contributed by atoms with Crippen molar-refractivity contribution in [3.63, 3.8) is 0 Å². The van der Waals surface area contributed by atoms with Gasteiger partial charge in [0.2, 0.25) is 6.79 Å². The van der Waals surface area contributed by atoms with Crippen LogP contribution in [0.2, 0.25) is 0 Å². The number of ether oxygens (including phenoxy) is 2. The number of nitrogens with zero attached hydrogens (tertiary/aromatic N) is 1. The van der Waals surface area contributed by atoms with Crippen LogP contribution in [0.15, 0.2) is 47.6 Å². The number of hydrazone groups is 1. The SMILES string of the molecule is O=C(NN=Cc1ccccc1I)c1ccc2c(c1)OCO2. The van der Waals surface area contributed by atoms with Crippen LogP contribution in [0.25, 0.3) is 0 Å². The first-order valence-corrected chi connectivity index (χ1v) is 7.29. The summed E-state index contributed by atoms with van der Waals surface area (Å²) in [4.78, 5) is 12.0. The molecule has 0 saturated heterocycles. The van der Waals surface area contributed by atoms with Gasteiger partial charge in [-0.25, -0.2) is 5.43 Å². The summed E-state index contributed by atoms with van der Waals surface area (Å²) < 4.78 is 11.5. The van der Waals surface area contributed by atoms with E-state index in [0.717, 1.165) is 9.13 Å². The maximum Gasteiger partial charge on any atom is 0.271 e. The maximum absolute atomic E-state index is 12.0. The van der Waals surface area contributed by atoms with Crippen LogP contribution in [0.5, 0.6) is 11.5 Å². The second kappa shape index (κ2) is 6.13. The fourth-order valence-corrected chi connectivity index (χ4v) is 2.37. The third-order valence-corrected chi connectivity index (χ3v) is 3.89. The number of hydrogen-bond donors (Lipinski definition) is 1. The van der Waals surface area contributed by atoms with Gasteiger partial charge in [0.25, 0.3) is 5.91 Å². The summed E-state index contributed by atoms with van der Waals surface area (Å²) in [5, 5.41) is 3.97. The van der Waals surface area contributed by atoms with E-state index in [9.17, 15) is 4.79 Å². The van der Waals surface area contributed by atoms with Crippen LogP contribution in [-0.4, -0.2) is 18.9 Å². The summed E-state index contributed by atoms with van der Waals surface area (Å²) in [6.45, 7) is 0.186. The van der Waals surface area contributed by atoms with Gasteiger partial charge in [-0.15, -0.1) is 0 Å². The second-order valence-corrected chi connectivity index (χ2v) is 5.45. The van der Waals surface area contributed by atoms with Gasteiger partial charge in [-0.3, -0.25) is 4.79 Å². The Bertz CT molecular complexity index is 716. The molecule has 0 radical (unpaired) electrons. The zero-order valence-corrected chi connectivity index (χ0v) is 13.0. The number of carbonyl (C=O) groups excluding carboxylic acids is 1. The highest BCUT2D eigenvalue weighted by Gasteiger charge is 2.15. The molecule has 0 fully saturated rings. The average Bonchev–Trinajstić information content (AvgIpc) is 2.96. The summed E-state index contributed by atoms with van der Waals surface area (Å²) in [5.74, 6) is 0.925. The molecule has 0 spiro atoms. The van der Waals surface area contributed by atoms with Crippen LogP contribution in [0.4, 0.5) is 0 Å². The Hall–Kier alpha value is -2.09. The Labute approximate surface area is 135 Å². The number of benzene rings is 2. The standard InChI is InChI=1S/C15H11IN2O3/c16-12-4-2-1-3-11(12)8-17-18-15(19)10-5-6-13-14(7-10)21-9-20-13/h1-8H,9H2,(H,18,19). The second-order valence-electron chi connectivity index (χ2n) is 4.29. The summed E-state index contributed by atoms with van der Waals surface area (Å²) in [6.07, 6.45) is 1.62. The molecular weight excluding hydrogens is 383 g/mol. The smallest absolute Gasteiger partial charge is 0.271 e. The summed E-state index contributed by atoms with van der Waals surface area (Å²) in [5.41, 5.74) is 3.92. The minimum Gasteiger partial charge on any atom is -0.454 e. The van der Waals surface area contributed by atoms with Gasteiger partial charge in [-0.05, 0) is 46.9 Å². The highest BCUT2D eigenvalue weighted by molar-refractivity contribution is 14.1. The van der Waals surface area contributed by atoms with E-state index in [1.807, 2.05) is 24.3 Å². The van der Waals surface area contributed by atoms with E-state index in [1.165, 1.54) is 0 Å². The van der Waals surface area contributed by atoms with Gasteiger partial charge < -0.3 is 9.47 Å². The molecule has 106 valence electrons. The molecule has 1 aliphatic heterocycles. The first-order chi connectivity index (χ1) is 10.2. The van der Waals surface area contributed by atoms with Crippen molar-refractivity contribution in [2.75, 3.05) is 6.79 Å². The third kappa shape index (κ3) is 3.15. The van der Waals surface area contributed by atoms with Crippen LogP contribution < -0.4 is 14.9 Å². The first-order valence-electron chi connectivity index (χ1n) is 6.21. The molecule has 0 atom stereocenters. The number of rotatable bonds is 3. The molecule has 0 bridgehead atoms. The number of fused-ring (bicyclic) bond motifs is 1. The highest BCUT2D eigenvalue weighted by atomic mass is 127. The minimum atomic E-state index is -0.296. The van der Waals surface area contributed by atoms with Gasteiger partial charge in [0.1, 0.15) is 0 Å². The van der Waals surface area contributed by atoms with E-state index in [0.29, 0.717) is 17.1 Å². The van der Waals surface area contributed by atoms with E-state index < -0.39 is 0 Å². The van der Waals surface area contributed by atoms with Crippen molar-refractivity contribution in [1.82, 2.24) is 5.43 Å². The topological polar surface area (TPSA) is 59.9 Å². The summed E-state index contributed by atoms with van der Waals surface area (Å²) in [6, 6.07) is 12.8. The molecule has 1 heterocycles. The van der Waals surface area contributed by atoms with Gasteiger partial charge in [-0.2, -0.15) is 5.10 Å². The molecule has 0 saturated carbocycles. The summed E-state index contributed by atoms with van der Waals surface area (Å²) >= 11 is 2.21. The zero-order chi connectivity index (χ0) is 14.7. The molecule has 0 aromatic heterocycles. The number of carbonyl (C=O) groups is 1. The monoisotopic (exact) mass is 394 g/mol. The van der Waals surface area contributed by atoms with Gasteiger partial charge in [0.15, 0.2) is 11.5 Å². The average molecular weight is 394 g/mol. The Morgan fingerprint density at radius 2 is 2.00 bits per heavy atom. The van der Waals surface area contributed by atoms with Gasteiger partial charge in [0, 0.05) is 14.7 Å². The molecular formula is C15H11IN2O3. The van der Waals surface area contributed by atoms with E-state index in [4.69, 9.17) is 9.47 Å². The molecule has 3 rings (SSSR count). The quantitative estimate of drug-likeness (QED) is 0.495. The molecule has 2 aromatic rings. The van der Waals surface area contributed by atoms with E-state index in [1.54, 1.807) is 24.4 Å².